The van der Waals surface area contributed by atoms with Crippen LogP contribution < -0.4 is 45.0 Å². The molecular weight excluding hydrogens is 882 g/mol. The van der Waals surface area contributed by atoms with Gasteiger partial charge in [0, 0.05) is 53.4 Å². The number of carbonyl (C=O) groups is 2. The van der Waals surface area contributed by atoms with Gasteiger partial charge >= 0.3 is 29.6 Å². The first kappa shape index (κ1) is 56.7. The molecule has 18 unspecified atom stereocenters. The molecule has 0 saturated carbocycles. The monoisotopic (exact) mass is 962 g/mol. The number of ether oxygens (including phenoxy) is 6. The van der Waals surface area contributed by atoms with Crippen molar-refractivity contribution in [3.8, 4) is 5.75 Å². The minimum Gasteiger partial charge on any atom is -0.550 e. The van der Waals surface area contributed by atoms with Crippen LogP contribution in [0.25, 0.3) is 10.9 Å². The Balaban J connectivity index is 0.000000489. The summed E-state index contributed by atoms with van der Waals surface area (Å²) in [4.78, 5) is 40.3. The Morgan fingerprint density at radius 1 is 0.956 bits per heavy atom. The van der Waals surface area contributed by atoms with Crippen LogP contribution in [0.5, 0.6) is 5.75 Å². The number of aryl methyl sites for hydroxylation is 1. The number of carboxylic acid groups (broad SMARTS) is 1. The number of benzene rings is 1. The van der Waals surface area contributed by atoms with E-state index in [0.29, 0.717) is 63.5 Å². The summed E-state index contributed by atoms with van der Waals surface area (Å²) in [5, 5.41) is 47.0. The molecule has 18 atom stereocenters. The number of para-hydroxylation sites is 1. The number of hydrogen-bond acceptors (Lipinski definition) is 13. The summed E-state index contributed by atoms with van der Waals surface area (Å²) in [6.45, 7) is 21.4. The second-order valence-electron chi connectivity index (χ2n) is 21.1. The summed E-state index contributed by atoms with van der Waals surface area (Å²) in [6.07, 6.45) is 5.22. The molecule has 2 aromatic rings. The molecule has 376 valence electrons. The molecule has 4 fully saturated rings. The Hall–Kier alpha value is -2.21. The number of H-pyrrole nitrogens is 1. The molecule has 15 heteroatoms. The van der Waals surface area contributed by atoms with Gasteiger partial charge in [0.25, 0.3) is 0 Å². The van der Waals surface area contributed by atoms with E-state index < -0.39 is 82.9 Å². The second kappa shape index (κ2) is 22.7. The average Bonchev–Trinajstić information content (AvgIpc) is 3.64. The first-order valence-corrected chi connectivity index (χ1v) is 25.1. The van der Waals surface area contributed by atoms with E-state index in [1.54, 1.807) is 32.3 Å². The van der Waals surface area contributed by atoms with Gasteiger partial charge in [0.05, 0.1) is 60.5 Å². The van der Waals surface area contributed by atoms with Gasteiger partial charge in [-0.05, 0) is 114 Å². The van der Waals surface area contributed by atoms with E-state index in [2.05, 4.69) is 25.8 Å². The number of hydrogen-bond donors (Lipinski definition) is 4. The van der Waals surface area contributed by atoms with Crippen LogP contribution in [0.3, 0.4) is 0 Å². The molecule has 14 nitrogen and oxygen atoms in total. The number of aromatic nitrogens is 1. The number of fused-ring (bicyclic) bond motifs is 1. The molecule has 5 aliphatic heterocycles. The van der Waals surface area contributed by atoms with Crippen LogP contribution in [-0.2, 0) is 33.3 Å². The molecule has 0 bridgehead atoms. The van der Waals surface area contributed by atoms with Gasteiger partial charge < -0.3 is 58.6 Å². The summed E-state index contributed by atoms with van der Waals surface area (Å²) in [5.41, 5.74) is -0.00893. The molecule has 1 aromatic carbocycles. The molecule has 4 N–H and O–H groups in total. The molecule has 4 saturated heterocycles. The minimum absolute atomic E-state index is 0. The fourth-order valence-corrected chi connectivity index (χ4v) is 12.1. The smallest absolute Gasteiger partial charge is 0.550 e. The van der Waals surface area contributed by atoms with Crippen molar-refractivity contribution in [2.75, 3.05) is 7.11 Å². The van der Waals surface area contributed by atoms with Crippen LogP contribution in [0, 0.1) is 48.3 Å². The van der Waals surface area contributed by atoms with Crippen LogP contribution in [0.1, 0.15) is 139 Å². The van der Waals surface area contributed by atoms with Gasteiger partial charge in [-0.3, -0.25) is 9.59 Å². The Morgan fingerprint density at radius 3 is 2.26 bits per heavy atom. The van der Waals surface area contributed by atoms with E-state index in [4.69, 9.17) is 28.4 Å². The molecular formula is C53H80NNaO13. The van der Waals surface area contributed by atoms with Gasteiger partial charge in [-0.15, -0.1) is 0 Å². The van der Waals surface area contributed by atoms with Gasteiger partial charge in [0.1, 0.15) is 17.6 Å². The number of rotatable bonds is 13. The van der Waals surface area contributed by atoms with Crippen molar-refractivity contribution in [1.29, 1.82) is 0 Å². The van der Waals surface area contributed by atoms with E-state index in [9.17, 15) is 34.8 Å². The Kier molecular flexibility index (Phi) is 18.9. The molecule has 1 aromatic heterocycles. The quantitative estimate of drug-likeness (QED) is 0.167. The number of carboxylic acids is 1. The van der Waals surface area contributed by atoms with E-state index >= 15 is 0 Å². The number of carbonyl (C=O) groups excluding carboxylic acids is 2. The predicted molar refractivity (Wildman–Crippen MR) is 252 cm³/mol. The van der Waals surface area contributed by atoms with E-state index in [1.165, 1.54) is 0 Å². The minimum atomic E-state index is -1.37. The SMILES string of the molecule is CCC(C(=O)[O-])C1CCC(C)C(C(C)C(O)C(C)C(=O)C(CC)C2OC3(C=CC(O)C4(CCC(C)(C5CCC(O)(CC)C(C)O5)O4)O3)C(C)CC2C)O1.COc1cccc2c(C)cc(=O)[nH]c12.[Na+]. The second-order valence-corrected chi connectivity index (χ2v) is 21.1. The molecule has 7 rings (SSSR count). The van der Waals surface area contributed by atoms with Crippen molar-refractivity contribution in [1.82, 2.24) is 4.98 Å². The molecule has 68 heavy (non-hydrogen) atoms. The summed E-state index contributed by atoms with van der Waals surface area (Å²) < 4.78 is 38.6. The Labute approximate surface area is 425 Å². The zero-order valence-electron chi connectivity index (χ0n) is 43.0. The van der Waals surface area contributed by atoms with Crippen LogP contribution in [-0.4, -0.2) is 105 Å². The number of pyridine rings is 1. The number of aromatic amines is 1. The third-order valence-electron chi connectivity index (χ3n) is 16.7. The van der Waals surface area contributed by atoms with Crippen molar-refractivity contribution in [3.05, 3.63) is 52.3 Å². The zero-order valence-corrected chi connectivity index (χ0v) is 45.0. The number of Topliss-reactive ketones (excluding diaryl/α,β-unsaturated/α-hetero) is 1. The van der Waals surface area contributed by atoms with E-state index in [-0.39, 0.29) is 70.9 Å². The normalized spacial score (nSPS) is 38.1. The number of aliphatic carboxylic acids is 1. The summed E-state index contributed by atoms with van der Waals surface area (Å²) in [7, 11) is 1.59. The van der Waals surface area contributed by atoms with E-state index in [0.717, 1.165) is 22.9 Å². The zero-order chi connectivity index (χ0) is 49.4. The topological polar surface area (TPSA) is 206 Å². The van der Waals surface area contributed by atoms with Crippen molar-refractivity contribution in [2.24, 2.45) is 41.4 Å². The maximum absolute atomic E-state index is 14.4. The maximum atomic E-state index is 14.4. The van der Waals surface area contributed by atoms with Crippen LogP contribution in [0.2, 0.25) is 0 Å². The Bertz CT molecular complexity index is 2130. The van der Waals surface area contributed by atoms with Gasteiger partial charge in [0.15, 0.2) is 5.79 Å². The third kappa shape index (κ3) is 11.2. The van der Waals surface area contributed by atoms with Gasteiger partial charge in [-0.1, -0.05) is 67.5 Å². The first-order valence-electron chi connectivity index (χ1n) is 25.1. The van der Waals surface area contributed by atoms with Crippen molar-refractivity contribution in [3.63, 3.8) is 0 Å². The van der Waals surface area contributed by atoms with Gasteiger partial charge in [-0.25, -0.2) is 0 Å². The van der Waals surface area contributed by atoms with Gasteiger partial charge in [-0.2, -0.15) is 0 Å². The summed E-state index contributed by atoms with van der Waals surface area (Å²) in [5.74, 6) is -5.54. The van der Waals surface area contributed by atoms with Crippen LogP contribution in [0.4, 0.5) is 0 Å². The maximum Gasteiger partial charge on any atom is 1.00 e. The van der Waals surface area contributed by atoms with Crippen molar-refractivity contribution >= 4 is 22.7 Å². The predicted octanol–water partition coefficient (Wildman–Crippen LogP) is 3.70. The molecule has 0 aliphatic carbocycles. The standard InChI is InChI=1S/C42H70O11.C11H11NO2.Na/c1-11-29(38(46)47)31-15-14-23(4)36(50-31)27(8)34(44)26(7)35(45)30(12-2)37-24(5)22-25(6)41(51-37)19-16-32(43)42(53-41)21-20-39(10,52-42)33-17-18-40(48,13-3)28(9)49-33;1-7-6-10(13)12-11-8(7)4-3-5-9(11)14-2;/h16,19,23-34,36-37,43-44,48H,11-15,17-18,20-22H2,1-10H3,(H,46,47);3-6H,1-2H3,(H,12,13);/q;;+1/p-1. The Morgan fingerprint density at radius 2 is 1.65 bits per heavy atom. The largest absolute Gasteiger partial charge is 1.00 e. The van der Waals surface area contributed by atoms with Crippen LogP contribution >= 0.6 is 0 Å². The molecule has 0 amide bonds. The van der Waals surface area contributed by atoms with Gasteiger partial charge in [0.2, 0.25) is 11.3 Å². The first-order chi connectivity index (χ1) is 31.5. The third-order valence-corrected chi connectivity index (χ3v) is 16.7. The summed E-state index contributed by atoms with van der Waals surface area (Å²) in [6, 6.07) is 7.29. The molecule has 5 aliphatic rings. The molecule has 0 radical (unpaired) electrons. The molecule has 2 spiro atoms. The fourth-order valence-electron chi connectivity index (χ4n) is 12.1. The van der Waals surface area contributed by atoms with Crippen molar-refractivity contribution in [2.45, 2.75) is 206 Å². The number of aliphatic hydroxyl groups is 3. The van der Waals surface area contributed by atoms with Crippen molar-refractivity contribution < 1.29 is 88.0 Å². The fraction of sp³-hybridized carbons (Fsp3) is 0.755. The number of methoxy groups -OCH3 is 1. The summed E-state index contributed by atoms with van der Waals surface area (Å²) >= 11 is 0. The number of aliphatic hydroxyl groups excluding tert-OH is 2. The van der Waals surface area contributed by atoms with Crippen LogP contribution in [0.15, 0.2) is 41.2 Å². The number of ketones is 1. The average molecular weight is 962 g/mol. The van der Waals surface area contributed by atoms with E-state index in [1.807, 2.05) is 66.7 Å². The molecule has 6 heterocycles. The number of nitrogens with one attached hydrogen (secondary N) is 1.